The number of pyridine rings is 1. The Balaban J connectivity index is 1.36. The highest BCUT2D eigenvalue weighted by Gasteiger charge is 2.27. The van der Waals surface area contributed by atoms with E-state index in [1.165, 1.54) is 5.56 Å². The fourth-order valence-corrected chi connectivity index (χ4v) is 3.97. The molecule has 33 heavy (non-hydrogen) atoms. The predicted octanol–water partition coefficient (Wildman–Crippen LogP) is 3.96. The molecule has 0 radical (unpaired) electrons. The van der Waals surface area contributed by atoms with Gasteiger partial charge in [0.05, 0.1) is 12.8 Å². The second kappa shape index (κ2) is 10.8. The normalized spacial score (nSPS) is 16.2. The van der Waals surface area contributed by atoms with Crippen molar-refractivity contribution in [3.05, 3.63) is 66.1 Å². The third-order valence-corrected chi connectivity index (χ3v) is 5.69. The van der Waals surface area contributed by atoms with E-state index in [0.717, 1.165) is 49.0 Å². The fraction of sp³-hybridized carbons (Fsp3) is 0.400. The van der Waals surface area contributed by atoms with E-state index in [2.05, 4.69) is 38.4 Å². The lowest BCUT2D eigenvalue weighted by molar-refractivity contribution is 0.317. The Bertz CT molecular complexity index is 1060. The predicted molar refractivity (Wildman–Crippen MR) is 129 cm³/mol. The van der Waals surface area contributed by atoms with Gasteiger partial charge in [0.25, 0.3) is 0 Å². The molecule has 8 heteroatoms. The Morgan fingerprint density at radius 2 is 2.03 bits per heavy atom. The van der Waals surface area contributed by atoms with Crippen molar-refractivity contribution in [1.82, 2.24) is 25.0 Å². The maximum Gasteiger partial charge on any atom is 0.224 e. The van der Waals surface area contributed by atoms with E-state index in [4.69, 9.17) is 9.47 Å². The summed E-state index contributed by atoms with van der Waals surface area (Å²) in [7, 11) is 3.78. The number of ether oxygens (including phenoxy) is 2. The van der Waals surface area contributed by atoms with Gasteiger partial charge < -0.3 is 19.7 Å². The molecule has 1 N–H and O–H groups in total. The van der Waals surface area contributed by atoms with Crippen molar-refractivity contribution in [1.29, 1.82) is 0 Å². The van der Waals surface area contributed by atoms with Crippen LogP contribution in [-0.2, 0) is 13.6 Å². The summed E-state index contributed by atoms with van der Waals surface area (Å²) in [6.45, 7) is 5.25. The second-order valence-corrected chi connectivity index (χ2v) is 8.17. The minimum atomic E-state index is 0.471. The molecule has 8 nitrogen and oxygen atoms in total. The number of rotatable bonds is 8. The van der Waals surface area contributed by atoms with Crippen LogP contribution < -0.4 is 14.8 Å². The summed E-state index contributed by atoms with van der Waals surface area (Å²) in [5, 5.41) is 7.79. The van der Waals surface area contributed by atoms with Crippen LogP contribution in [0, 0.1) is 0 Å². The number of nitrogens with zero attached hydrogens (tertiary/aromatic N) is 5. The molecule has 1 atom stereocenters. The van der Waals surface area contributed by atoms with Crippen molar-refractivity contribution >= 4 is 5.96 Å². The molecule has 0 bridgehead atoms. The number of nitrogens with one attached hydrogen (secondary N) is 1. The van der Waals surface area contributed by atoms with Crippen LogP contribution in [0.5, 0.6) is 17.4 Å². The number of aromatic nitrogens is 3. The average Bonchev–Trinajstić information content (AvgIpc) is 3.49. The van der Waals surface area contributed by atoms with Crippen molar-refractivity contribution in [2.45, 2.75) is 32.2 Å². The molecule has 174 valence electrons. The molecule has 0 spiro atoms. The molecule has 1 fully saturated rings. The summed E-state index contributed by atoms with van der Waals surface area (Å²) in [6, 6.07) is 11.6. The molecule has 1 unspecified atom stereocenters. The van der Waals surface area contributed by atoms with E-state index >= 15 is 0 Å². The zero-order chi connectivity index (χ0) is 23.0. The third-order valence-electron chi connectivity index (χ3n) is 5.69. The van der Waals surface area contributed by atoms with Gasteiger partial charge >= 0.3 is 0 Å². The van der Waals surface area contributed by atoms with Crippen molar-refractivity contribution in [3.63, 3.8) is 0 Å². The highest BCUT2D eigenvalue weighted by atomic mass is 16.5. The molecule has 0 aliphatic carbocycles. The van der Waals surface area contributed by atoms with E-state index in [-0.39, 0.29) is 0 Å². The second-order valence-electron chi connectivity index (χ2n) is 8.17. The van der Waals surface area contributed by atoms with E-state index in [0.29, 0.717) is 24.9 Å². The first-order valence-corrected chi connectivity index (χ1v) is 11.4. The largest absolute Gasteiger partial charge is 0.494 e. The number of aryl methyl sites for hydroxylation is 1. The lowest BCUT2D eigenvalue weighted by atomic mass is 10.0. The Morgan fingerprint density at radius 1 is 1.21 bits per heavy atom. The van der Waals surface area contributed by atoms with Gasteiger partial charge in [-0.2, -0.15) is 5.10 Å². The Kier molecular flexibility index (Phi) is 7.44. The number of benzene rings is 1. The van der Waals surface area contributed by atoms with Gasteiger partial charge in [0.15, 0.2) is 5.96 Å². The van der Waals surface area contributed by atoms with Crippen LogP contribution in [-0.4, -0.2) is 52.4 Å². The smallest absolute Gasteiger partial charge is 0.224 e. The highest BCUT2D eigenvalue weighted by Crippen LogP contribution is 2.27. The Morgan fingerprint density at radius 3 is 2.76 bits per heavy atom. The van der Waals surface area contributed by atoms with Gasteiger partial charge in [0.2, 0.25) is 5.88 Å². The van der Waals surface area contributed by atoms with Gasteiger partial charge in [-0.3, -0.25) is 9.67 Å². The highest BCUT2D eigenvalue weighted by molar-refractivity contribution is 5.80. The molecule has 4 rings (SSSR count). The fourth-order valence-electron chi connectivity index (χ4n) is 3.97. The van der Waals surface area contributed by atoms with Gasteiger partial charge in [-0.05, 0) is 48.7 Å². The van der Waals surface area contributed by atoms with Gasteiger partial charge in [-0.25, -0.2) is 4.98 Å². The SMILES string of the molecule is CCCOc1ccc(Oc2ncccc2CNC(=NC)N2CCC(c3cnn(C)c3)C2)cc1. The number of aliphatic imine (C=N–C) groups is 1. The molecular formula is C25H32N6O2. The van der Waals surface area contributed by atoms with Gasteiger partial charge in [0, 0.05) is 57.6 Å². The number of hydrogen-bond acceptors (Lipinski definition) is 5. The molecule has 2 aromatic heterocycles. The van der Waals surface area contributed by atoms with Gasteiger partial charge in [-0.1, -0.05) is 13.0 Å². The lowest BCUT2D eigenvalue weighted by Gasteiger charge is -2.22. The average molecular weight is 449 g/mol. The summed E-state index contributed by atoms with van der Waals surface area (Å²) in [5.41, 5.74) is 2.25. The van der Waals surface area contributed by atoms with Crippen LogP contribution >= 0.6 is 0 Å². The van der Waals surface area contributed by atoms with Crippen molar-refractivity contribution in [2.24, 2.45) is 12.0 Å². The molecule has 1 saturated heterocycles. The summed E-state index contributed by atoms with van der Waals surface area (Å²) < 4.78 is 13.6. The first kappa shape index (κ1) is 22.6. The van der Waals surface area contributed by atoms with E-state index < -0.39 is 0 Å². The maximum absolute atomic E-state index is 6.07. The summed E-state index contributed by atoms with van der Waals surface area (Å²) in [6.07, 6.45) is 7.88. The number of hydrogen-bond donors (Lipinski definition) is 1. The molecule has 0 amide bonds. The zero-order valence-electron chi connectivity index (χ0n) is 19.6. The quantitative estimate of drug-likeness (QED) is 0.415. The van der Waals surface area contributed by atoms with Crippen LogP contribution in [0.4, 0.5) is 0 Å². The first-order chi connectivity index (χ1) is 16.2. The topological polar surface area (TPSA) is 76.8 Å². The van der Waals surface area contributed by atoms with E-state index in [1.807, 2.05) is 61.4 Å². The number of likely N-dealkylation sites (tertiary alicyclic amines) is 1. The Labute approximate surface area is 195 Å². The lowest BCUT2D eigenvalue weighted by Crippen LogP contribution is -2.39. The molecule has 3 aromatic rings. The molecule has 1 aliphatic rings. The monoisotopic (exact) mass is 448 g/mol. The van der Waals surface area contributed by atoms with Crippen LogP contribution in [0.3, 0.4) is 0 Å². The first-order valence-electron chi connectivity index (χ1n) is 11.4. The summed E-state index contributed by atoms with van der Waals surface area (Å²) in [4.78, 5) is 11.2. The maximum atomic E-state index is 6.07. The van der Waals surface area contributed by atoms with Crippen LogP contribution in [0.2, 0.25) is 0 Å². The molecule has 0 saturated carbocycles. The minimum absolute atomic E-state index is 0.471. The molecule has 1 aromatic carbocycles. The zero-order valence-corrected chi connectivity index (χ0v) is 19.6. The minimum Gasteiger partial charge on any atom is -0.494 e. The van der Waals surface area contributed by atoms with Gasteiger partial charge in [-0.15, -0.1) is 0 Å². The third kappa shape index (κ3) is 5.83. The van der Waals surface area contributed by atoms with E-state index in [9.17, 15) is 0 Å². The molecule has 3 heterocycles. The van der Waals surface area contributed by atoms with Crippen molar-refractivity contribution in [2.75, 3.05) is 26.7 Å². The number of guanidine groups is 1. The van der Waals surface area contributed by atoms with Crippen LogP contribution in [0.15, 0.2) is 60.0 Å². The molecular weight excluding hydrogens is 416 g/mol. The van der Waals surface area contributed by atoms with E-state index in [1.54, 1.807) is 6.20 Å². The van der Waals surface area contributed by atoms with Crippen LogP contribution in [0.1, 0.15) is 36.8 Å². The van der Waals surface area contributed by atoms with Gasteiger partial charge in [0.1, 0.15) is 11.5 Å². The summed E-state index contributed by atoms with van der Waals surface area (Å²) in [5.74, 6) is 3.50. The summed E-state index contributed by atoms with van der Waals surface area (Å²) >= 11 is 0. The molecule has 1 aliphatic heterocycles. The standard InChI is InChI=1S/C25H32N6O2/c1-4-14-32-22-7-9-23(10-8-22)33-24-19(6-5-12-27-24)15-28-25(26-2)31-13-11-20(18-31)21-16-29-30(3)17-21/h5-10,12,16-17,20H,4,11,13-15,18H2,1-3H3,(H,26,28). The van der Waals surface area contributed by atoms with Crippen molar-refractivity contribution in [3.8, 4) is 17.4 Å². The van der Waals surface area contributed by atoms with Crippen molar-refractivity contribution < 1.29 is 9.47 Å². The van der Waals surface area contributed by atoms with Crippen LogP contribution in [0.25, 0.3) is 0 Å². The Hall–Kier alpha value is -3.55.